The largest absolute Gasteiger partial charge is 0.345 e. The average Bonchev–Trinajstić information content (AvgIpc) is 2.92. The minimum Gasteiger partial charge on any atom is -0.345 e. The van der Waals surface area contributed by atoms with Crippen LogP contribution in [-0.4, -0.2) is 31.9 Å². The van der Waals surface area contributed by atoms with Gasteiger partial charge in [-0.25, -0.2) is 4.52 Å². The predicted octanol–water partition coefficient (Wildman–Crippen LogP) is 2.40. The molecule has 1 N–H and O–H groups in total. The molecule has 0 bridgehead atoms. The first-order valence-electron chi connectivity index (χ1n) is 6.90. The molecule has 0 aliphatic heterocycles. The van der Waals surface area contributed by atoms with Crippen LogP contribution in [0.25, 0.3) is 5.52 Å². The fourth-order valence-electron chi connectivity index (χ4n) is 2.84. The molecule has 1 aliphatic carbocycles. The van der Waals surface area contributed by atoms with Gasteiger partial charge in [0.05, 0.1) is 29.0 Å². The zero-order valence-corrected chi connectivity index (χ0v) is 11.9. The van der Waals surface area contributed by atoms with Gasteiger partial charge in [-0.2, -0.15) is 5.10 Å². The minimum absolute atomic E-state index is 0.115. The molecule has 3 rings (SSSR count). The van der Waals surface area contributed by atoms with Gasteiger partial charge in [-0.1, -0.05) is 19.3 Å². The summed E-state index contributed by atoms with van der Waals surface area (Å²) in [6.45, 7) is 0. The van der Waals surface area contributed by atoms with Crippen molar-refractivity contribution in [2.24, 2.45) is 0 Å². The van der Waals surface area contributed by atoms with Crippen molar-refractivity contribution in [1.82, 2.24) is 19.9 Å². The van der Waals surface area contributed by atoms with E-state index < -0.39 is 0 Å². The molecule has 2 aromatic heterocycles. The number of carbonyl (C=O) groups is 1. The Morgan fingerprint density at radius 1 is 1.35 bits per heavy atom. The Labute approximate surface area is 122 Å². The van der Waals surface area contributed by atoms with Gasteiger partial charge in [0, 0.05) is 18.3 Å². The van der Waals surface area contributed by atoms with Crippen molar-refractivity contribution >= 4 is 23.0 Å². The van der Waals surface area contributed by atoms with E-state index >= 15 is 0 Å². The first-order chi connectivity index (χ1) is 9.74. The number of amides is 1. The van der Waals surface area contributed by atoms with Crippen molar-refractivity contribution in [2.75, 3.05) is 5.88 Å². The van der Waals surface area contributed by atoms with Gasteiger partial charge in [0.15, 0.2) is 0 Å². The smallest absolute Gasteiger partial charge is 0.255 e. The fourth-order valence-corrected chi connectivity index (χ4v) is 3.17. The summed E-state index contributed by atoms with van der Waals surface area (Å²) in [6.07, 6.45) is 11.9. The van der Waals surface area contributed by atoms with Gasteiger partial charge in [0.2, 0.25) is 0 Å². The highest BCUT2D eigenvalue weighted by Crippen LogP contribution is 2.29. The van der Waals surface area contributed by atoms with E-state index in [0.717, 1.165) is 25.7 Å². The summed E-state index contributed by atoms with van der Waals surface area (Å²) >= 11 is 6.11. The second-order valence-corrected chi connectivity index (χ2v) is 5.66. The molecule has 1 aliphatic rings. The van der Waals surface area contributed by atoms with Gasteiger partial charge in [-0.15, -0.1) is 11.6 Å². The highest BCUT2D eigenvalue weighted by atomic mass is 35.5. The molecule has 0 radical (unpaired) electrons. The number of nitrogens with zero attached hydrogens (tertiary/aromatic N) is 3. The molecule has 106 valence electrons. The van der Waals surface area contributed by atoms with E-state index in [4.69, 9.17) is 11.6 Å². The van der Waals surface area contributed by atoms with Crippen LogP contribution in [0.3, 0.4) is 0 Å². The van der Waals surface area contributed by atoms with E-state index in [2.05, 4.69) is 15.4 Å². The highest BCUT2D eigenvalue weighted by Gasteiger charge is 2.33. The van der Waals surface area contributed by atoms with E-state index in [-0.39, 0.29) is 11.4 Å². The normalized spacial score (nSPS) is 18.1. The number of halogens is 1. The van der Waals surface area contributed by atoms with Gasteiger partial charge in [-0.05, 0) is 12.8 Å². The summed E-state index contributed by atoms with van der Waals surface area (Å²) in [6, 6.07) is 0. The Bertz CT molecular complexity index is 618. The molecular formula is C14H17ClN4O. The van der Waals surface area contributed by atoms with Crippen LogP contribution in [0, 0.1) is 0 Å². The Kier molecular flexibility index (Phi) is 3.61. The first-order valence-corrected chi connectivity index (χ1v) is 7.43. The van der Waals surface area contributed by atoms with Crippen molar-refractivity contribution in [3.8, 4) is 0 Å². The maximum atomic E-state index is 12.5. The molecule has 5 nitrogen and oxygen atoms in total. The van der Waals surface area contributed by atoms with Crippen LogP contribution in [-0.2, 0) is 0 Å². The lowest BCUT2D eigenvalue weighted by atomic mass is 9.83. The number of hydrogen-bond donors (Lipinski definition) is 1. The van der Waals surface area contributed by atoms with Crippen LogP contribution < -0.4 is 5.32 Å². The third kappa shape index (κ3) is 2.38. The SMILES string of the molecule is O=C(NC1(CCl)CCCCC1)c1cnn2ccncc12. The second kappa shape index (κ2) is 5.40. The van der Waals surface area contributed by atoms with Crippen molar-refractivity contribution in [3.05, 3.63) is 30.4 Å². The lowest BCUT2D eigenvalue weighted by molar-refractivity contribution is 0.0886. The standard InChI is InChI=1S/C14H17ClN4O/c15-10-14(4-2-1-3-5-14)18-13(20)11-8-17-19-7-6-16-9-12(11)19/h6-9H,1-5,10H2,(H,18,20). The van der Waals surface area contributed by atoms with E-state index in [1.165, 1.54) is 6.42 Å². The zero-order chi connectivity index (χ0) is 14.0. The Hall–Kier alpha value is -1.62. The van der Waals surface area contributed by atoms with Crippen molar-refractivity contribution in [2.45, 2.75) is 37.6 Å². The minimum atomic E-state index is -0.270. The molecule has 0 unspecified atom stereocenters. The molecule has 1 amide bonds. The number of carbonyl (C=O) groups excluding carboxylic acids is 1. The Balaban J connectivity index is 1.85. The van der Waals surface area contributed by atoms with E-state index in [0.29, 0.717) is 17.0 Å². The van der Waals surface area contributed by atoms with Gasteiger partial charge >= 0.3 is 0 Å². The zero-order valence-electron chi connectivity index (χ0n) is 11.2. The van der Waals surface area contributed by atoms with Crippen molar-refractivity contribution in [3.63, 3.8) is 0 Å². The van der Waals surface area contributed by atoms with Gasteiger partial charge < -0.3 is 5.32 Å². The summed E-state index contributed by atoms with van der Waals surface area (Å²) in [4.78, 5) is 16.5. The van der Waals surface area contributed by atoms with Crippen molar-refractivity contribution in [1.29, 1.82) is 0 Å². The molecule has 0 spiro atoms. The lowest BCUT2D eigenvalue weighted by Crippen LogP contribution is -2.51. The number of fused-ring (bicyclic) bond motifs is 1. The maximum Gasteiger partial charge on any atom is 0.255 e. The summed E-state index contributed by atoms with van der Waals surface area (Å²) in [7, 11) is 0. The van der Waals surface area contributed by atoms with Crippen LogP contribution in [0.2, 0.25) is 0 Å². The number of hydrogen-bond acceptors (Lipinski definition) is 3. The second-order valence-electron chi connectivity index (χ2n) is 5.39. The monoisotopic (exact) mass is 292 g/mol. The summed E-state index contributed by atoms with van der Waals surface area (Å²) in [5.74, 6) is 0.339. The molecule has 2 aromatic rings. The van der Waals surface area contributed by atoms with Crippen LogP contribution in [0.4, 0.5) is 0 Å². The van der Waals surface area contributed by atoms with Crippen LogP contribution in [0.1, 0.15) is 42.5 Å². The van der Waals surface area contributed by atoms with Crippen molar-refractivity contribution < 1.29 is 4.79 Å². The predicted molar refractivity (Wildman–Crippen MR) is 77.0 cm³/mol. The van der Waals surface area contributed by atoms with Crippen LogP contribution >= 0.6 is 11.6 Å². The quantitative estimate of drug-likeness (QED) is 0.884. The van der Waals surface area contributed by atoms with E-state index in [9.17, 15) is 4.79 Å². The number of alkyl halides is 1. The van der Waals surface area contributed by atoms with E-state index in [1.54, 1.807) is 29.3 Å². The summed E-state index contributed by atoms with van der Waals surface area (Å²) < 4.78 is 1.65. The maximum absolute atomic E-state index is 12.5. The molecule has 1 fully saturated rings. The fraction of sp³-hybridized carbons (Fsp3) is 0.500. The molecule has 6 heteroatoms. The summed E-state index contributed by atoms with van der Waals surface area (Å²) in [5, 5.41) is 7.29. The average molecular weight is 293 g/mol. The van der Waals surface area contributed by atoms with Crippen LogP contribution in [0.15, 0.2) is 24.8 Å². The lowest BCUT2D eigenvalue weighted by Gasteiger charge is -2.36. The number of aromatic nitrogens is 3. The first kappa shape index (κ1) is 13.4. The summed E-state index contributed by atoms with van der Waals surface area (Å²) in [5.41, 5.74) is 0.992. The van der Waals surface area contributed by atoms with Gasteiger partial charge in [-0.3, -0.25) is 9.78 Å². The molecule has 0 aromatic carbocycles. The molecule has 0 atom stereocenters. The van der Waals surface area contributed by atoms with Gasteiger partial charge in [0.25, 0.3) is 5.91 Å². The number of rotatable bonds is 3. The highest BCUT2D eigenvalue weighted by molar-refractivity contribution is 6.19. The molecule has 0 saturated heterocycles. The molecule has 2 heterocycles. The Morgan fingerprint density at radius 3 is 2.90 bits per heavy atom. The van der Waals surface area contributed by atoms with Crippen LogP contribution in [0.5, 0.6) is 0 Å². The topological polar surface area (TPSA) is 59.3 Å². The third-order valence-electron chi connectivity index (χ3n) is 4.01. The number of nitrogens with one attached hydrogen (secondary N) is 1. The van der Waals surface area contributed by atoms with Gasteiger partial charge in [0.1, 0.15) is 0 Å². The molecule has 1 saturated carbocycles. The molecular weight excluding hydrogens is 276 g/mol. The Morgan fingerprint density at radius 2 is 2.15 bits per heavy atom. The molecule has 20 heavy (non-hydrogen) atoms. The van der Waals surface area contributed by atoms with E-state index in [1.807, 2.05) is 0 Å². The third-order valence-corrected chi connectivity index (χ3v) is 4.53.